The zero-order valence-corrected chi connectivity index (χ0v) is 18.5. The number of phenolic OH excluding ortho intramolecular Hbond substituents is 1. The number of methoxy groups -OCH3 is 1. The number of hydrogen-bond acceptors (Lipinski definition) is 6. The fourth-order valence-electron chi connectivity index (χ4n) is 4.24. The number of ether oxygens (including phenoxy) is 2. The largest absolute Gasteiger partial charge is 0.508 e. The van der Waals surface area contributed by atoms with E-state index in [-0.39, 0.29) is 17.3 Å². The first-order valence-electron chi connectivity index (χ1n) is 10.8. The maximum absolute atomic E-state index is 12.9. The van der Waals surface area contributed by atoms with Gasteiger partial charge in [-0.25, -0.2) is 0 Å². The molecule has 1 N–H and O–H groups in total. The van der Waals surface area contributed by atoms with Crippen molar-refractivity contribution in [2.24, 2.45) is 0 Å². The Morgan fingerprint density at radius 2 is 2.12 bits per heavy atom. The molecule has 4 aromatic rings. The zero-order chi connectivity index (χ0) is 23.7. The van der Waals surface area contributed by atoms with Crippen molar-refractivity contribution in [3.63, 3.8) is 0 Å². The van der Waals surface area contributed by atoms with Crippen LogP contribution in [0.5, 0.6) is 17.2 Å². The molecule has 2 aromatic heterocycles. The number of nitriles is 1. The number of carbonyl (C=O) groups is 1. The van der Waals surface area contributed by atoms with E-state index in [1.54, 1.807) is 31.6 Å². The van der Waals surface area contributed by atoms with Gasteiger partial charge in [0.2, 0.25) is 5.78 Å². The Morgan fingerprint density at radius 3 is 2.88 bits per heavy atom. The second-order valence-electron chi connectivity index (χ2n) is 7.97. The summed E-state index contributed by atoms with van der Waals surface area (Å²) >= 11 is 0. The van der Waals surface area contributed by atoms with Crippen molar-refractivity contribution in [1.82, 2.24) is 9.55 Å². The number of nitrogens with zero attached hydrogens (tertiary/aromatic N) is 3. The minimum Gasteiger partial charge on any atom is -0.508 e. The summed E-state index contributed by atoms with van der Waals surface area (Å²) in [5.74, 6) is 0.987. The van der Waals surface area contributed by atoms with Crippen LogP contribution in [-0.4, -0.2) is 27.6 Å². The van der Waals surface area contributed by atoms with Gasteiger partial charge in [0.1, 0.15) is 17.2 Å². The van der Waals surface area contributed by atoms with Crippen LogP contribution >= 0.6 is 0 Å². The molecule has 0 unspecified atom stereocenters. The van der Waals surface area contributed by atoms with Crippen LogP contribution in [0.25, 0.3) is 28.1 Å². The molecule has 0 aliphatic carbocycles. The maximum atomic E-state index is 12.9. The minimum absolute atomic E-state index is 0.0349. The smallest absolute Gasteiger partial charge is 0.231 e. The molecule has 0 fully saturated rings. The van der Waals surface area contributed by atoms with Gasteiger partial charge in [-0.15, -0.1) is 0 Å². The van der Waals surface area contributed by atoms with E-state index in [4.69, 9.17) is 14.7 Å². The van der Waals surface area contributed by atoms with Gasteiger partial charge in [-0.1, -0.05) is 6.07 Å². The molecular formula is C27H21N3O4. The molecule has 0 amide bonds. The standard InChI is InChI=1S/C27H21N3O4/c1-33-20-13-22(17-5-4-9-29-15-17)26-23(14-20)18(16-30(26)10-3-2-8-28)11-25-27(32)21-7-6-19(31)12-24(21)34-25/h4-7,9,11-16,31H,2-3,10H2,1H3. The molecule has 0 spiro atoms. The van der Waals surface area contributed by atoms with Gasteiger partial charge in [-0.2, -0.15) is 5.26 Å². The van der Waals surface area contributed by atoms with Crippen LogP contribution in [0.15, 0.2) is 66.8 Å². The van der Waals surface area contributed by atoms with Gasteiger partial charge in [0.05, 0.1) is 24.3 Å². The minimum atomic E-state index is -0.240. The number of allylic oxidation sites excluding steroid dienone is 1. The summed E-state index contributed by atoms with van der Waals surface area (Å²) in [6.07, 6.45) is 8.33. The van der Waals surface area contributed by atoms with Crippen LogP contribution in [0.3, 0.4) is 0 Å². The quantitative estimate of drug-likeness (QED) is 0.314. The molecule has 5 rings (SSSR count). The molecule has 168 valence electrons. The first-order valence-corrected chi connectivity index (χ1v) is 10.8. The second kappa shape index (κ2) is 8.75. The Balaban J connectivity index is 1.69. The van der Waals surface area contributed by atoms with Crippen LogP contribution in [-0.2, 0) is 6.54 Å². The lowest BCUT2D eigenvalue weighted by atomic mass is 10.0. The average molecular weight is 451 g/mol. The molecule has 1 aliphatic rings. The number of unbranched alkanes of at least 4 members (excludes halogenated alkanes) is 1. The van der Waals surface area contributed by atoms with E-state index < -0.39 is 0 Å². The summed E-state index contributed by atoms with van der Waals surface area (Å²) in [5.41, 5.74) is 4.03. The highest BCUT2D eigenvalue weighted by Gasteiger charge is 2.28. The van der Waals surface area contributed by atoms with Crippen molar-refractivity contribution in [3.05, 3.63) is 77.9 Å². The number of aryl methyl sites for hydroxylation is 1. The van der Waals surface area contributed by atoms with Gasteiger partial charge < -0.3 is 19.1 Å². The van der Waals surface area contributed by atoms with Crippen LogP contribution in [0.1, 0.15) is 28.8 Å². The molecule has 0 saturated carbocycles. The van der Waals surface area contributed by atoms with Gasteiger partial charge >= 0.3 is 0 Å². The number of phenols is 1. The van der Waals surface area contributed by atoms with Crippen LogP contribution in [0, 0.1) is 11.3 Å². The molecule has 0 radical (unpaired) electrons. The summed E-state index contributed by atoms with van der Waals surface area (Å²) in [4.78, 5) is 17.2. The number of carbonyl (C=O) groups excluding carboxylic acids is 1. The third kappa shape index (κ3) is 3.76. The summed E-state index contributed by atoms with van der Waals surface area (Å²) in [6.45, 7) is 0.635. The normalized spacial score (nSPS) is 13.6. The van der Waals surface area contributed by atoms with Crippen molar-refractivity contribution < 1.29 is 19.4 Å². The molecule has 7 heteroatoms. The van der Waals surface area contributed by atoms with Gasteiger partial charge in [0.15, 0.2) is 5.76 Å². The third-order valence-electron chi connectivity index (χ3n) is 5.81. The molecule has 34 heavy (non-hydrogen) atoms. The molecule has 3 heterocycles. The lowest BCUT2D eigenvalue weighted by molar-refractivity contribution is 0.101. The topological polar surface area (TPSA) is 97.4 Å². The SMILES string of the molecule is COc1cc(-c2cccnc2)c2c(c1)c(C=C1Oc3cc(O)ccc3C1=O)cn2CCCC#N. The first kappa shape index (κ1) is 21.3. The Bertz CT molecular complexity index is 1480. The number of aromatic hydroxyl groups is 1. The predicted octanol–water partition coefficient (Wildman–Crippen LogP) is 5.34. The van der Waals surface area contributed by atoms with Gasteiger partial charge in [-0.3, -0.25) is 9.78 Å². The van der Waals surface area contributed by atoms with E-state index in [1.165, 1.54) is 12.1 Å². The number of aromatic nitrogens is 2. The zero-order valence-electron chi connectivity index (χ0n) is 18.5. The average Bonchev–Trinajstić information content (AvgIpc) is 3.36. The Hall–Kier alpha value is -4.57. The summed E-state index contributed by atoms with van der Waals surface area (Å²) in [5, 5.41) is 19.7. The van der Waals surface area contributed by atoms with Crippen molar-refractivity contribution in [1.29, 1.82) is 5.26 Å². The lowest BCUT2D eigenvalue weighted by Crippen LogP contribution is -1.98. The van der Waals surface area contributed by atoms with Crippen molar-refractivity contribution >= 4 is 22.8 Å². The number of ketones is 1. The number of benzene rings is 2. The third-order valence-corrected chi connectivity index (χ3v) is 5.81. The van der Waals surface area contributed by atoms with Gasteiger partial charge in [-0.05, 0) is 42.8 Å². The van der Waals surface area contributed by atoms with E-state index in [2.05, 4.69) is 15.6 Å². The molecule has 0 atom stereocenters. The Morgan fingerprint density at radius 1 is 1.24 bits per heavy atom. The molecule has 0 saturated heterocycles. The molecule has 7 nitrogen and oxygen atoms in total. The van der Waals surface area contributed by atoms with E-state index in [1.807, 2.05) is 30.5 Å². The molecule has 2 aromatic carbocycles. The molecular weight excluding hydrogens is 430 g/mol. The first-order chi connectivity index (χ1) is 16.6. The van der Waals surface area contributed by atoms with E-state index >= 15 is 0 Å². The highest BCUT2D eigenvalue weighted by Crippen LogP contribution is 2.39. The van der Waals surface area contributed by atoms with Crippen molar-refractivity contribution in [2.75, 3.05) is 7.11 Å². The van der Waals surface area contributed by atoms with Gasteiger partial charge in [0.25, 0.3) is 0 Å². The van der Waals surface area contributed by atoms with Crippen molar-refractivity contribution in [2.45, 2.75) is 19.4 Å². The van der Waals surface area contributed by atoms with Crippen LogP contribution in [0.2, 0.25) is 0 Å². The number of fused-ring (bicyclic) bond motifs is 2. The fourth-order valence-corrected chi connectivity index (χ4v) is 4.24. The van der Waals surface area contributed by atoms with Gasteiger partial charge in [0, 0.05) is 59.7 Å². The van der Waals surface area contributed by atoms with E-state index in [0.29, 0.717) is 36.4 Å². The van der Waals surface area contributed by atoms with Crippen molar-refractivity contribution in [3.8, 4) is 34.4 Å². The fraction of sp³-hybridized carbons (Fsp3) is 0.148. The molecule has 1 aliphatic heterocycles. The maximum Gasteiger partial charge on any atom is 0.231 e. The van der Waals surface area contributed by atoms with Crippen LogP contribution < -0.4 is 9.47 Å². The number of pyridine rings is 1. The summed E-state index contributed by atoms with van der Waals surface area (Å²) < 4.78 is 13.5. The number of Topliss-reactive ketones (excluding diaryl/α,β-unsaturated/α-hetero) is 1. The lowest BCUT2D eigenvalue weighted by Gasteiger charge is -2.11. The van der Waals surface area contributed by atoms with Crippen LogP contribution in [0.4, 0.5) is 0 Å². The highest BCUT2D eigenvalue weighted by atomic mass is 16.5. The number of rotatable bonds is 6. The Labute approximate surface area is 196 Å². The monoisotopic (exact) mass is 451 g/mol. The summed E-state index contributed by atoms with van der Waals surface area (Å²) in [6, 6.07) is 14.4. The number of hydrogen-bond donors (Lipinski definition) is 1. The predicted molar refractivity (Wildman–Crippen MR) is 128 cm³/mol. The molecule has 0 bridgehead atoms. The van der Waals surface area contributed by atoms with E-state index in [9.17, 15) is 9.90 Å². The highest BCUT2D eigenvalue weighted by molar-refractivity contribution is 6.15. The summed E-state index contributed by atoms with van der Waals surface area (Å²) in [7, 11) is 1.61. The van der Waals surface area contributed by atoms with E-state index in [0.717, 1.165) is 27.6 Å². The Kier molecular flexibility index (Phi) is 5.48. The second-order valence-corrected chi connectivity index (χ2v) is 7.97.